The highest BCUT2D eigenvalue weighted by Gasteiger charge is 2.39. The summed E-state index contributed by atoms with van der Waals surface area (Å²) in [6, 6.07) is 5.84. The fourth-order valence-electron chi connectivity index (χ4n) is 2.48. The third kappa shape index (κ3) is 4.43. The van der Waals surface area contributed by atoms with Gasteiger partial charge >= 0.3 is 0 Å². The highest BCUT2D eigenvalue weighted by atomic mass is 32.2. The number of carbonyl (C=O) groups excluding carboxylic acids is 2. The molecular formula is C17H15N5O4S2. The Morgan fingerprint density at radius 1 is 1.46 bits per heavy atom. The van der Waals surface area contributed by atoms with Crippen LogP contribution in [0.4, 0.5) is 16.5 Å². The molecule has 144 valence electrons. The van der Waals surface area contributed by atoms with Crippen LogP contribution < -0.4 is 5.32 Å². The SMILES string of the molecule is C=CCN1C(=O)C(CC(=O)Nc2ccccc2[N+](=O)[O-])S/C1=N/c1nccs1. The number of nitrogens with zero attached hydrogens (tertiary/aromatic N) is 4. The van der Waals surface area contributed by atoms with E-state index in [0.717, 1.165) is 0 Å². The molecule has 0 aliphatic carbocycles. The minimum Gasteiger partial charge on any atom is -0.320 e. The molecule has 1 atom stereocenters. The smallest absolute Gasteiger partial charge is 0.292 e. The van der Waals surface area contributed by atoms with Crippen LogP contribution in [-0.2, 0) is 9.59 Å². The Hall–Kier alpha value is -3.05. The molecule has 0 saturated carbocycles. The molecule has 1 aromatic carbocycles. The fourth-order valence-corrected chi connectivity index (χ4v) is 4.19. The van der Waals surface area contributed by atoms with Gasteiger partial charge in [0.05, 0.1) is 4.92 Å². The maximum absolute atomic E-state index is 12.7. The van der Waals surface area contributed by atoms with E-state index in [2.05, 4.69) is 21.9 Å². The molecule has 1 aliphatic heterocycles. The normalized spacial score (nSPS) is 17.7. The van der Waals surface area contributed by atoms with Gasteiger partial charge < -0.3 is 5.32 Å². The molecule has 28 heavy (non-hydrogen) atoms. The van der Waals surface area contributed by atoms with Crippen molar-refractivity contribution in [2.24, 2.45) is 4.99 Å². The second-order valence-electron chi connectivity index (χ2n) is 5.58. The first-order chi connectivity index (χ1) is 13.5. The van der Waals surface area contributed by atoms with E-state index >= 15 is 0 Å². The van der Waals surface area contributed by atoms with E-state index in [-0.39, 0.29) is 30.2 Å². The molecule has 1 fully saturated rings. The summed E-state index contributed by atoms with van der Waals surface area (Å²) < 4.78 is 0. The number of nitrogens with one attached hydrogen (secondary N) is 1. The molecule has 3 rings (SSSR count). The largest absolute Gasteiger partial charge is 0.320 e. The van der Waals surface area contributed by atoms with Gasteiger partial charge in [0, 0.05) is 30.6 Å². The van der Waals surface area contributed by atoms with Gasteiger partial charge in [0.25, 0.3) is 5.69 Å². The number of anilines is 1. The average Bonchev–Trinajstić information content (AvgIpc) is 3.26. The number of nitro groups is 1. The Labute approximate surface area is 168 Å². The number of thiazole rings is 1. The number of benzene rings is 1. The van der Waals surface area contributed by atoms with Crippen molar-refractivity contribution in [1.82, 2.24) is 9.88 Å². The summed E-state index contributed by atoms with van der Waals surface area (Å²) in [5, 5.41) is 15.6. The molecule has 1 N–H and O–H groups in total. The Morgan fingerprint density at radius 2 is 2.25 bits per heavy atom. The monoisotopic (exact) mass is 417 g/mol. The Morgan fingerprint density at radius 3 is 2.93 bits per heavy atom. The maximum Gasteiger partial charge on any atom is 0.292 e. The highest BCUT2D eigenvalue weighted by molar-refractivity contribution is 8.15. The zero-order valence-corrected chi connectivity index (χ0v) is 16.1. The molecule has 1 aliphatic rings. The number of carbonyl (C=O) groups is 2. The first kappa shape index (κ1) is 19.7. The standard InChI is InChI=1S/C17H15N5O4S2/c1-2-8-21-15(24)13(28-17(21)20-16-18-7-9-27-16)10-14(23)19-11-5-3-4-6-12(11)22(25)26/h2-7,9,13H,1,8,10H2,(H,19,23)/b20-17+. The summed E-state index contributed by atoms with van der Waals surface area (Å²) in [5.74, 6) is -0.757. The van der Waals surface area contributed by atoms with Gasteiger partial charge in [-0.15, -0.1) is 17.9 Å². The van der Waals surface area contributed by atoms with Crippen molar-refractivity contribution >= 4 is 56.6 Å². The maximum atomic E-state index is 12.7. The molecular weight excluding hydrogens is 402 g/mol. The molecule has 1 aromatic heterocycles. The van der Waals surface area contributed by atoms with Gasteiger partial charge in [-0.25, -0.2) is 4.98 Å². The Bertz CT molecular complexity index is 945. The van der Waals surface area contributed by atoms with Gasteiger partial charge in [-0.1, -0.05) is 30.0 Å². The summed E-state index contributed by atoms with van der Waals surface area (Å²) in [5.41, 5.74) is -0.117. The average molecular weight is 417 g/mol. The number of amidine groups is 1. The topological polar surface area (TPSA) is 118 Å². The van der Waals surface area contributed by atoms with Crippen LogP contribution in [0.1, 0.15) is 6.42 Å². The molecule has 2 aromatic rings. The van der Waals surface area contributed by atoms with E-state index < -0.39 is 16.1 Å². The van der Waals surface area contributed by atoms with Gasteiger partial charge in [0.1, 0.15) is 10.9 Å². The predicted molar refractivity (Wildman–Crippen MR) is 109 cm³/mol. The van der Waals surface area contributed by atoms with Crippen molar-refractivity contribution in [2.75, 3.05) is 11.9 Å². The van der Waals surface area contributed by atoms with Crippen LogP contribution in [0.3, 0.4) is 0 Å². The van der Waals surface area contributed by atoms with E-state index in [0.29, 0.717) is 10.3 Å². The minimum atomic E-state index is -0.679. The number of aromatic nitrogens is 1. The number of amides is 2. The summed E-state index contributed by atoms with van der Waals surface area (Å²) in [7, 11) is 0. The third-order valence-corrected chi connectivity index (χ3v) is 5.53. The Kier molecular flexibility index (Phi) is 6.16. The Balaban J connectivity index is 1.73. The number of rotatable bonds is 7. The summed E-state index contributed by atoms with van der Waals surface area (Å²) in [6.07, 6.45) is 3.05. The highest BCUT2D eigenvalue weighted by Crippen LogP contribution is 2.32. The van der Waals surface area contributed by atoms with Gasteiger partial charge in [0.2, 0.25) is 16.9 Å². The number of para-hydroxylation sites is 2. The lowest BCUT2D eigenvalue weighted by molar-refractivity contribution is -0.383. The number of hydrogen-bond donors (Lipinski definition) is 1. The van der Waals surface area contributed by atoms with Crippen LogP contribution in [0.5, 0.6) is 0 Å². The van der Waals surface area contributed by atoms with Crippen molar-refractivity contribution in [3.05, 3.63) is 58.6 Å². The van der Waals surface area contributed by atoms with E-state index in [4.69, 9.17) is 0 Å². The quantitative estimate of drug-likeness (QED) is 0.420. The number of aliphatic imine (C=N–C) groups is 1. The summed E-state index contributed by atoms with van der Waals surface area (Å²) in [6.45, 7) is 3.91. The number of nitro benzene ring substituents is 1. The van der Waals surface area contributed by atoms with Crippen molar-refractivity contribution in [3.63, 3.8) is 0 Å². The molecule has 1 saturated heterocycles. The van der Waals surface area contributed by atoms with Gasteiger partial charge in [-0.05, 0) is 6.07 Å². The fraction of sp³-hybridized carbons (Fsp3) is 0.176. The first-order valence-electron chi connectivity index (χ1n) is 8.10. The van der Waals surface area contributed by atoms with Crippen molar-refractivity contribution in [1.29, 1.82) is 0 Å². The zero-order valence-electron chi connectivity index (χ0n) is 14.5. The molecule has 2 amide bonds. The molecule has 1 unspecified atom stereocenters. The summed E-state index contributed by atoms with van der Waals surface area (Å²) >= 11 is 2.50. The molecule has 11 heteroatoms. The van der Waals surface area contributed by atoms with Gasteiger partial charge in [-0.3, -0.25) is 24.6 Å². The lowest BCUT2D eigenvalue weighted by atomic mass is 10.2. The second-order valence-corrected chi connectivity index (χ2v) is 7.62. The molecule has 0 spiro atoms. The molecule has 2 heterocycles. The molecule has 0 radical (unpaired) electrons. The number of thioether (sulfide) groups is 1. The van der Waals surface area contributed by atoms with Crippen molar-refractivity contribution < 1.29 is 14.5 Å². The van der Waals surface area contributed by atoms with Crippen LogP contribution >= 0.6 is 23.1 Å². The minimum absolute atomic E-state index is 0.0903. The van der Waals surface area contributed by atoms with Crippen LogP contribution in [0.15, 0.2) is 53.5 Å². The van der Waals surface area contributed by atoms with Crippen molar-refractivity contribution in [2.45, 2.75) is 11.7 Å². The van der Waals surface area contributed by atoms with E-state index in [1.54, 1.807) is 23.7 Å². The second kappa shape index (κ2) is 8.76. The van der Waals surface area contributed by atoms with Crippen LogP contribution in [0.2, 0.25) is 0 Å². The van der Waals surface area contributed by atoms with Crippen molar-refractivity contribution in [3.8, 4) is 0 Å². The van der Waals surface area contributed by atoms with E-state index in [1.165, 1.54) is 46.2 Å². The van der Waals surface area contributed by atoms with Crippen LogP contribution in [0.25, 0.3) is 0 Å². The zero-order chi connectivity index (χ0) is 20.1. The summed E-state index contributed by atoms with van der Waals surface area (Å²) in [4.78, 5) is 45.4. The molecule has 0 bridgehead atoms. The van der Waals surface area contributed by atoms with Crippen LogP contribution in [0, 0.1) is 10.1 Å². The third-order valence-electron chi connectivity index (χ3n) is 3.69. The lowest BCUT2D eigenvalue weighted by Crippen LogP contribution is -2.33. The van der Waals surface area contributed by atoms with E-state index in [9.17, 15) is 19.7 Å². The van der Waals surface area contributed by atoms with Gasteiger partial charge in [0.15, 0.2) is 5.17 Å². The molecule has 9 nitrogen and oxygen atoms in total. The predicted octanol–water partition coefficient (Wildman–Crippen LogP) is 3.20. The number of hydrogen-bond acceptors (Lipinski definition) is 8. The van der Waals surface area contributed by atoms with Crippen LogP contribution in [-0.4, -0.2) is 43.6 Å². The van der Waals surface area contributed by atoms with E-state index in [1.807, 2.05) is 0 Å². The first-order valence-corrected chi connectivity index (χ1v) is 9.86. The van der Waals surface area contributed by atoms with Gasteiger partial charge in [-0.2, -0.15) is 4.99 Å². The lowest BCUT2D eigenvalue weighted by Gasteiger charge is -2.13.